The number of anilines is 3. The van der Waals surface area contributed by atoms with Gasteiger partial charge in [0.1, 0.15) is 0 Å². The molecule has 2 N–H and O–H groups in total. The normalized spacial score (nSPS) is 10.2. The van der Waals surface area contributed by atoms with Crippen molar-refractivity contribution in [1.29, 1.82) is 0 Å². The van der Waals surface area contributed by atoms with Gasteiger partial charge in [0.15, 0.2) is 0 Å². The van der Waals surface area contributed by atoms with Gasteiger partial charge in [-0.25, -0.2) is 0 Å². The summed E-state index contributed by atoms with van der Waals surface area (Å²) >= 11 is 3.39. The number of pyridine rings is 1. The second-order valence-electron chi connectivity index (χ2n) is 5.42. The number of rotatable bonds is 4. The first-order valence-electron chi connectivity index (χ1n) is 7.46. The van der Waals surface area contributed by atoms with Crippen molar-refractivity contribution in [2.45, 2.75) is 6.92 Å². The Morgan fingerprint density at radius 1 is 0.958 bits per heavy atom. The van der Waals surface area contributed by atoms with Crippen LogP contribution in [-0.4, -0.2) is 10.9 Å². The fourth-order valence-corrected chi connectivity index (χ4v) is 2.69. The lowest BCUT2D eigenvalue weighted by atomic mass is 10.2. The highest BCUT2D eigenvalue weighted by atomic mass is 79.9. The molecule has 2 aromatic carbocycles. The van der Waals surface area contributed by atoms with Gasteiger partial charge in [0.25, 0.3) is 5.91 Å². The topological polar surface area (TPSA) is 54.0 Å². The maximum Gasteiger partial charge on any atom is 0.257 e. The first-order chi connectivity index (χ1) is 11.6. The van der Waals surface area contributed by atoms with Crippen LogP contribution in [0.3, 0.4) is 0 Å². The van der Waals surface area contributed by atoms with Gasteiger partial charge in [-0.3, -0.25) is 9.78 Å². The molecule has 0 saturated heterocycles. The Morgan fingerprint density at radius 3 is 2.54 bits per heavy atom. The second kappa shape index (κ2) is 7.27. The summed E-state index contributed by atoms with van der Waals surface area (Å²) in [6, 6.07) is 17.3. The van der Waals surface area contributed by atoms with E-state index >= 15 is 0 Å². The number of amides is 1. The number of halogens is 1. The maximum absolute atomic E-state index is 12.4. The number of carbonyl (C=O) groups excluding carboxylic acids is 1. The number of aryl methyl sites for hydroxylation is 1. The molecule has 0 atom stereocenters. The Morgan fingerprint density at radius 2 is 1.75 bits per heavy atom. The molecular weight excluding hydrogens is 366 g/mol. The van der Waals surface area contributed by atoms with Crippen LogP contribution >= 0.6 is 15.9 Å². The Hall–Kier alpha value is -2.66. The molecule has 0 aliphatic rings. The van der Waals surface area contributed by atoms with Crippen molar-refractivity contribution in [3.05, 3.63) is 82.6 Å². The first kappa shape index (κ1) is 16.2. The molecule has 0 saturated carbocycles. The first-order valence-corrected chi connectivity index (χ1v) is 8.25. The van der Waals surface area contributed by atoms with E-state index in [-0.39, 0.29) is 5.91 Å². The molecule has 1 amide bonds. The zero-order valence-electron chi connectivity index (χ0n) is 13.1. The Kier molecular flexibility index (Phi) is 4.91. The highest BCUT2D eigenvalue weighted by Gasteiger charge is 2.08. The molecule has 0 bridgehead atoms. The van der Waals surface area contributed by atoms with Crippen LogP contribution in [0.4, 0.5) is 17.1 Å². The number of aromatic nitrogens is 1. The van der Waals surface area contributed by atoms with E-state index in [1.807, 2.05) is 55.5 Å². The van der Waals surface area contributed by atoms with Crippen molar-refractivity contribution < 1.29 is 4.79 Å². The van der Waals surface area contributed by atoms with Crippen LogP contribution in [0.5, 0.6) is 0 Å². The molecule has 1 aromatic heterocycles. The van der Waals surface area contributed by atoms with Crippen molar-refractivity contribution in [1.82, 2.24) is 4.98 Å². The third-order valence-electron chi connectivity index (χ3n) is 3.39. The Labute approximate surface area is 149 Å². The molecular formula is C19H16BrN3O. The zero-order valence-corrected chi connectivity index (χ0v) is 14.7. The molecule has 0 unspecified atom stereocenters. The summed E-state index contributed by atoms with van der Waals surface area (Å²) in [5.41, 5.74) is 4.11. The number of carbonyl (C=O) groups is 1. The molecule has 1 heterocycles. The minimum Gasteiger partial charge on any atom is -0.354 e. The lowest BCUT2D eigenvalue weighted by molar-refractivity contribution is 0.102. The van der Waals surface area contributed by atoms with Gasteiger partial charge in [-0.15, -0.1) is 0 Å². The molecule has 4 nitrogen and oxygen atoms in total. The molecule has 3 rings (SSSR count). The fraction of sp³-hybridized carbons (Fsp3) is 0.0526. The standard InChI is InChI=1S/C19H16BrN3O/c1-13-4-2-6-16(8-13)22-18-9-14(11-21-12-18)19(24)23-17-7-3-5-15(20)10-17/h2-12,22H,1H3,(H,23,24). The van der Waals surface area contributed by atoms with E-state index in [4.69, 9.17) is 0 Å². The molecule has 0 fully saturated rings. The summed E-state index contributed by atoms with van der Waals surface area (Å²) in [5, 5.41) is 6.13. The minimum absolute atomic E-state index is 0.200. The van der Waals surface area contributed by atoms with Gasteiger partial charge in [0.2, 0.25) is 0 Å². The number of benzene rings is 2. The third kappa shape index (κ3) is 4.20. The molecule has 3 aromatic rings. The van der Waals surface area contributed by atoms with Crippen LogP contribution in [0, 0.1) is 6.92 Å². The van der Waals surface area contributed by atoms with Crippen LogP contribution in [-0.2, 0) is 0 Å². The van der Waals surface area contributed by atoms with Gasteiger partial charge < -0.3 is 10.6 Å². The summed E-state index contributed by atoms with van der Waals surface area (Å²) in [6.07, 6.45) is 3.24. The van der Waals surface area contributed by atoms with Gasteiger partial charge in [-0.2, -0.15) is 0 Å². The third-order valence-corrected chi connectivity index (χ3v) is 3.88. The highest BCUT2D eigenvalue weighted by Crippen LogP contribution is 2.19. The molecule has 0 aliphatic carbocycles. The van der Waals surface area contributed by atoms with Crippen LogP contribution in [0.1, 0.15) is 15.9 Å². The SMILES string of the molecule is Cc1cccc(Nc2cncc(C(=O)Nc3cccc(Br)c3)c2)c1. The molecule has 120 valence electrons. The van der Waals surface area contributed by atoms with Gasteiger partial charge >= 0.3 is 0 Å². The number of hydrogen-bond donors (Lipinski definition) is 2. The van der Waals surface area contributed by atoms with Crippen LogP contribution in [0.15, 0.2) is 71.5 Å². The zero-order chi connectivity index (χ0) is 16.9. The fourth-order valence-electron chi connectivity index (χ4n) is 2.29. The predicted molar refractivity (Wildman–Crippen MR) is 101 cm³/mol. The highest BCUT2D eigenvalue weighted by molar-refractivity contribution is 9.10. The van der Waals surface area contributed by atoms with Crippen molar-refractivity contribution in [3.63, 3.8) is 0 Å². The molecule has 0 spiro atoms. The van der Waals surface area contributed by atoms with Gasteiger partial charge in [-0.05, 0) is 48.9 Å². The summed E-state index contributed by atoms with van der Waals surface area (Å²) in [4.78, 5) is 16.5. The lowest BCUT2D eigenvalue weighted by Crippen LogP contribution is -2.12. The van der Waals surface area contributed by atoms with Crippen molar-refractivity contribution >= 4 is 38.9 Å². The monoisotopic (exact) mass is 381 g/mol. The van der Waals surface area contributed by atoms with Crippen LogP contribution in [0.2, 0.25) is 0 Å². The predicted octanol–water partition coefficient (Wildman–Crippen LogP) is 5.15. The average Bonchev–Trinajstić information content (AvgIpc) is 2.55. The second-order valence-corrected chi connectivity index (χ2v) is 6.34. The van der Waals surface area contributed by atoms with Crippen molar-refractivity contribution in [3.8, 4) is 0 Å². The molecule has 5 heteroatoms. The molecule has 0 radical (unpaired) electrons. The largest absolute Gasteiger partial charge is 0.354 e. The summed E-state index contributed by atoms with van der Waals surface area (Å²) in [6.45, 7) is 2.03. The molecule has 0 aliphatic heterocycles. The van der Waals surface area contributed by atoms with Crippen molar-refractivity contribution in [2.75, 3.05) is 10.6 Å². The number of nitrogens with one attached hydrogen (secondary N) is 2. The van der Waals surface area contributed by atoms with Gasteiger partial charge in [0.05, 0.1) is 17.4 Å². The number of hydrogen-bond acceptors (Lipinski definition) is 3. The van der Waals surface area contributed by atoms with E-state index in [0.29, 0.717) is 5.56 Å². The lowest BCUT2D eigenvalue weighted by Gasteiger charge is -2.09. The van der Waals surface area contributed by atoms with E-state index in [1.54, 1.807) is 18.5 Å². The van der Waals surface area contributed by atoms with Crippen molar-refractivity contribution in [2.24, 2.45) is 0 Å². The van der Waals surface area contributed by atoms with Gasteiger partial charge in [-0.1, -0.05) is 34.1 Å². The van der Waals surface area contributed by atoms with Crippen LogP contribution < -0.4 is 10.6 Å². The van der Waals surface area contributed by atoms with Gasteiger partial charge in [0, 0.05) is 22.0 Å². The average molecular weight is 382 g/mol. The quantitative estimate of drug-likeness (QED) is 0.656. The van der Waals surface area contributed by atoms with E-state index in [9.17, 15) is 4.79 Å². The summed E-state index contributed by atoms with van der Waals surface area (Å²) in [7, 11) is 0. The Balaban J connectivity index is 1.76. The molecule has 24 heavy (non-hydrogen) atoms. The van der Waals surface area contributed by atoms with E-state index in [0.717, 1.165) is 27.1 Å². The maximum atomic E-state index is 12.4. The van der Waals surface area contributed by atoms with E-state index in [1.165, 1.54) is 0 Å². The number of nitrogens with zero attached hydrogens (tertiary/aromatic N) is 1. The minimum atomic E-state index is -0.200. The van der Waals surface area contributed by atoms with E-state index in [2.05, 4.69) is 31.5 Å². The smallest absolute Gasteiger partial charge is 0.257 e. The van der Waals surface area contributed by atoms with E-state index < -0.39 is 0 Å². The summed E-state index contributed by atoms with van der Waals surface area (Å²) in [5.74, 6) is -0.200. The van der Waals surface area contributed by atoms with Crippen LogP contribution in [0.25, 0.3) is 0 Å². The summed E-state index contributed by atoms with van der Waals surface area (Å²) < 4.78 is 0.910. The Bertz CT molecular complexity index is 880.